The van der Waals surface area contributed by atoms with Gasteiger partial charge in [0.2, 0.25) is 0 Å². The third-order valence-corrected chi connectivity index (χ3v) is 5.77. The zero-order valence-electron chi connectivity index (χ0n) is 13.5. The van der Waals surface area contributed by atoms with Crippen molar-refractivity contribution in [3.8, 4) is 0 Å². The molecular weight excluding hydrogens is 258 g/mol. The van der Waals surface area contributed by atoms with E-state index in [1.165, 1.54) is 44.2 Å². The Morgan fingerprint density at radius 2 is 1.71 bits per heavy atom. The number of hydrogen-bond donors (Lipinski definition) is 1. The minimum Gasteiger partial charge on any atom is -0.387 e. The van der Waals surface area contributed by atoms with Crippen molar-refractivity contribution in [2.45, 2.75) is 58.1 Å². The molecule has 1 saturated carbocycles. The van der Waals surface area contributed by atoms with Crippen molar-refractivity contribution in [1.82, 2.24) is 4.90 Å². The minimum atomic E-state index is -0.370. The number of fused-ring (bicyclic) bond motifs is 1. The Morgan fingerprint density at radius 3 is 2.43 bits per heavy atom. The zero-order valence-corrected chi connectivity index (χ0v) is 13.5. The second-order valence-corrected chi connectivity index (χ2v) is 7.18. The number of aryl methyl sites for hydroxylation is 1. The molecule has 0 spiro atoms. The van der Waals surface area contributed by atoms with Crippen LogP contribution in [0.4, 0.5) is 0 Å². The molecule has 0 amide bonds. The van der Waals surface area contributed by atoms with Gasteiger partial charge in [-0.05, 0) is 50.6 Å². The van der Waals surface area contributed by atoms with E-state index in [0.29, 0.717) is 0 Å². The first-order chi connectivity index (χ1) is 10.1. The molecule has 2 aliphatic rings. The molecule has 1 aliphatic heterocycles. The fraction of sp³-hybridized carbons (Fsp3) is 0.684. The van der Waals surface area contributed by atoms with Crippen LogP contribution in [0.1, 0.15) is 56.3 Å². The highest BCUT2D eigenvalue weighted by Gasteiger charge is 2.34. The molecule has 2 heteroatoms. The van der Waals surface area contributed by atoms with Gasteiger partial charge in [-0.15, -0.1) is 0 Å². The molecule has 0 bridgehead atoms. The number of rotatable bonds is 3. The maximum Gasteiger partial charge on any atom is 0.0942 e. The van der Waals surface area contributed by atoms with E-state index < -0.39 is 0 Å². The maximum atomic E-state index is 10.7. The van der Waals surface area contributed by atoms with Crippen LogP contribution in [0.25, 0.3) is 0 Å². The molecule has 1 N–H and O–H groups in total. The quantitative estimate of drug-likeness (QED) is 0.910. The standard InChI is InChI=1S/C19H29NO/c1-14-7-9-17(10-8-14)19(21)15(2)20-12-11-16-5-3-4-6-18(16)13-20/h7-10,15-16,18-19,21H,3-6,11-13H2,1-2H3. The van der Waals surface area contributed by atoms with Crippen LogP contribution in [0.5, 0.6) is 0 Å². The summed E-state index contributed by atoms with van der Waals surface area (Å²) in [7, 11) is 0. The molecule has 1 saturated heterocycles. The number of aliphatic hydroxyl groups excluding tert-OH is 1. The lowest BCUT2D eigenvalue weighted by Crippen LogP contribution is -2.47. The Bertz CT molecular complexity index is 455. The van der Waals surface area contributed by atoms with Gasteiger partial charge in [0.1, 0.15) is 0 Å². The Morgan fingerprint density at radius 1 is 1.05 bits per heavy atom. The van der Waals surface area contributed by atoms with Crippen molar-refractivity contribution in [2.75, 3.05) is 13.1 Å². The molecule has 2 fully saturated rings. The molecule has 4 atom stereocenters. The lowest BCUT2D eigenvalue weighted by Gasteiger charge is -2.44. The Labute approximate surface area is 129 Å². The van der Waals surface area contributed by atoms with Crippen LogP contribution in [0, 0.1) is 18.8 Å². The highest BCUT2D eigenvalue weighted by molar-refractivity contribution is 5.24. The molecule has 1 heterocycles. The van der Waals surface area contributed by atoms with Gasteiger partial charge in [-0.2, -0.15) is 0 Å². The van der Waals surface area contributed by atoms with Crippen molar-refractivity contribution in [1.29, 1.82) is 0 Å². The smallest absolute Gasteiger partial charge is 0.0942 e. The predicted molar refractivity (Wildman–Crippen MR) is 87.2 cm³/mol. The Kier molecular flexibility index (Phi) is 4.66. The normalized spacial score (nSPS) is 29.7. The van der Waals surface area contributed by atoms with Gasteiger partial charge < -0.3 is 5.11 Å². The molecule has 0 radical (unpaired) electrons. The average Bonchev–Trinajstić information content (AvgIpc) is 2.54. The zero-order chi connectivity index (χ0) is 14.8. The number of likely N-dealkylation sites (tertiary alicyclic amines) is 1. The number of aliphatic hydroxyl groups is 1. The van der Waals surface area contributed by atoms with E-state index in [0.717, 1.165) is 23.9 Å². The van der Waals surface area contributed by atoms with Crippen molar-refractivity contribution in [3.05, 3.63) is 35.4 Å². The highest BCUT2D eigenvalue weighted by Crippen LogP contribution is 2.37. The summed E-state index contributed by atoms with van der Waals surface area (Å²) in [6.07, 6.45) is 6.63. The second-order valence-electron chi connectivity index (χ2n) is 7.18. The van der Waals surface area contributed by atoms with Gasteiger partial charge in [0.05, 0.1) is 6.10 Å². The third kappa shape index (κ3) is 3.32. The summed E-state index contributed by atoms with van der Waals surface area (Å²) in [5.41, 5.74) is 2.31. The first-order valence-electron chi connectivity index (χ1n) is 8.64. The van der Waals surface area contributed by atoms with Crippen LogP contribution in [-0.4, -0.2) is 29.1 Å². The van der Waals surface area contributed by atoms with E-state index in [4.69, 9.17) is 0 Å². The van der Waals surface area contributed by atoms with Crippen LogP contribution in [0.2, 0.25) is 0 Å². The Hall–Kier alpha value is -0.860. The highest BCUT2D eigenvalue weighted by atomic mass is 16.3. The molecular formula is C19H29NO. The number of piperidine rings is 1. The Balaban J connectivity index is 1.64. The molecule has 2 nitrogen and oxygen atoms in total. The fourth-order valence-corrected chi connectivity index (χ4v) is 4.24. The number of benzene rings is 1. The van der Waals surface area contributed by atoms with E-state index in [1.807, 2.05) is 0 Å². The van der Waals surface area contributed by atoms with Crippen molar-refractivity contribution < 1.29 is 5.11 Å². The van der Waals surface area contributed by atoms with Gasteiger partial charge >= 0.3 is 0 Å². The van der Waals surface area contributed by atoms with Gasteiger partial charge in [0.15, 0.2) is 0 Å². The first-order valence-corrected chi connectivity index (χ1v) is 8.64. The maximum absolute atomic E-state index is 10.7. The van der Waals surface area contributed by atoms with Crippen molar-refractivity contribution >= 4 is 0 Å². The largest absolute Gasteiger partial charge is 0.387 e. The van der Waals surface area contributed by atoms with Crippen LogP contribution in [0.3, 0.4) is 0 Å². The van der Waals surface area contributed by atoms with E-state index in [9.17, 15) is 5.11 Å². The van der Waals surface area contributed by atoms with Gasteiger partial charge in [0, 0.05) is 12.6 Å². The second kappa shape index (κ2) is 6.50. The molecule has 4 unspecified atom stereocenters. The lowest BCUT2D eigenvalue weighted by molar-refractivity contribution is 0.00535. The third-order valence-electron chi connectivity index (χ3n) is 5.77. The molecule has 21 heavy (non-hydrogen) atoms. The summed E-state index contributed by atoms with van der Waals surface area (Å²) in [5, 5.41) is 10.7. The van der Waals surface area contributed by atoms with E-state index in [2.05, 4.69) is 43.0 Å². The summed E-state index contributed by atoms with van der Waals surface area (Å²) < 4.78 is 0. The van der Waals surface area contributed by atoms with Crippen molar-refractivity contribution in [2.24, 2.45) is 11.8 Å². The summed E-state index contributed by atoms with van der Waals surface area (Å²) in [5.74, 6) is 1.83. The molecule has 3 rings (SSSR count). The van der Waals surface area contributed by atoms with Crippen LogP contribution >= 0.6 is 0 Å². The van der Waals surface area contributed by atoms with Crippen molar-refractivity contribution in [3.63, 3.8) is 0 Å². The topological polar surface area (TPSA) is 23.5 Å². The van der Waals surface area contributed by atoms with Gasteiger partial charge in [0.25, 0.3) is 0 Å². The predicted octanol–water partition coefficient (Wildman–Crippen LogP) is 3.93. The van der Waals surface area contributed by atoms with Gasteiger partial charge in [-0.25, -0.2) is 0 Å². The van der Waals surface area contributed by atoms with E-state index in [-0.39, 0.29) is 12.1 Å². The van der Waals surface area contributed by atoms with E-state index >= 15 is 0 Å². The van der Waals surface area contributed by atoms with Crippen LogP contribution < -0.4 is 0 Å². The van der Waals surface area contributed by atoms with Gasteiger partial charge in [-0.1, -0.05) is 49.1 Å². The summed E-state index contributed by atoms with van der Waals surface area (Å²) in [4.78, 5) is 2.52. The SMILES string of the molecule is Cc1ccc(C(O)C(C)N2CCC3CCCCC3C2)cc1. The minimum absolute atomic E-state index is 0.218. The monoisotopic (exact) mass is 287 g/mol. The first kappa shape index (κ1) is 15.1. The fourth-order valence-electron chi connectivity index (χ4n) is 4.24. The number of nitrogens with zero attached hydrogens (tertiary/aromatic N) is 1. The lowest BCUT2D eigenvalue weighted by atomic mass is 9.74. The summed E-state index contributed by atoms with van der Waals surface area (Å²) in [6, 6.07) is 8.56. The number of hydrogen-bond acceptors (Lipinski definition) is 2. The summed E-state index contributed by atoms with van der Waals surface area (Å²) >= 11 is 0. The molecule has 1 aromatic rings. The van der Waals surface area contributed by atoms with Crippen LogP contribution in [0.15, 0.2) is 24.3 Å². The molecule has 1 aromatic carbocycles. The van der Waals surface area contributed by atoms with Gasteiger partial charge in [-0.3, -0.25) is 4.90 Å². The van der Waals surface area contributed by atoms with E-state index in [1.54, 1.807) is 0 Å². The molecule has 1 aliphatic carbocycles. The molecule has 0 aromatic heterocycles. The average molecular weight is 287 g/mol. The molecule has 116 valence electrons. The summed E-state index contributed by atoms with van der Waals surface area (Å²) in [6.45, 7) is 6.63. The van der Waals surface area contributed by atoms with Crippen LogP contribution in [-0.2, 0) is 0 Å².